The normalized spacial score (nSPS) is 11.5. The third kappa shape index (κ3) is 4.56. The third-order valence-corrected chi connectivity index (χ3v) is 5.23. The molecule has 0 spiro atoms. The Balaban J connectivity index is 2.02. The van der Waals surface area contributed by atoms with Crippen molar-refractivity contribution < 1.29 is 9.53 Å². The van der Waals surface area contributed by atoms with Crippen LogP contribution in [0.5, 0.6) is 0 Å². The molecule has 1 aromatic heterocycles. The predicted octanol–water partition coefficient (Wildman–Crippen LogP) is 4.23. The molecule has 1 heterocycles. The Kier molecular flexibility index (Phi) is 6.14. The molecule has 0 saturated carbocycles. The highest BCUT2D eigenvalue weighted by Gasteiger charge is 2.09. The lowest BCUT2D eigenvalue weighted by Crippen LogP contribution is -2.18. The van der Waals surface area contributed by atoms with Crippen molar-refractivity contribution in [1.82, 2.24) is 8.52 Å². The second kappa shape index (κ2) is 8.73. The number of hydrogen-bond donors (Lipinski definition) is 0. The summed E-state index contributed by atoms with van der Waals surface area (Å²) in [5.74, 6) is 0. The molecule has 0 aliphatic heterocycles. The lowest BCUT2D eigenvalue weighted by Gasteiger charge is -2.04. The lowest BCUT2D eigenvalue weighted by atomic mass is 10.2. The summed E-state index contributed by atoms with van der Waals surface area (Å²) in [6.45, 7) is 3.23. The average Bonchev–Trinajstić information content (AvgIpc) is 2.92. The van der Waals surface area contributed by atoms with Crippen molar-refractivity contribution in [2.75, 3.05) is 6.61 Å². The van der Waals surface area contributed by atoms with Crippen LogP contribution in [0.1, 0.15) is 18.1 Å². The molecule has 7 heteroatoms. The van der Waals surface area contributed by atoms with Crippen molar-refractivity contribution in [2.45, 2.75) is 20.0 Å². The van der Waals surface area contributed by atoms with Gasteiger partial charge in [-0.05, 0) is 41.8 Å². The van der Waals surface area contributed by atoms with Crippen LogP contribution in [0, 0.1) is 4.77 Å². The predicted molar refractivity (Wildman–Crippen MR) is 105 cm³/mol. The molecule has 1 amide bonds. The molecule has 0 saturated heterocycles. The Hall–Kier alpha value is -2.51. The van der Waals surface area contributed by atoms with Crippen molar-refractivity contribution in [1.29, 1.82) is 0 Å². The number of benzene rings is 2. The monoisotopic (exact) mass is 385 g/mol. The largest absolute Gasteiger partial charge is 0.448 e. The third-order valence-electron chi connectivity index (χ3n) is 3.67. The Morgan fingerprint density at radius 1 is 1.04 bits per heavy atom. The zero-order valence-electron chi connectivity index (χ0n) is 14.4. The standard InChI is InChI=1S/C19H19N3O2S2/c1-2-24-18(23)20-17-21(13-15-9-5-3-6-10-15)19(25)22(26-17)14-16-11-7-4-8-12-16/h3-12H,2,13-14H2,1H3/b20-17+. The SMILES string of the molecule is CCOC(=O)/N=c1/sn(Cc2ccccc2)c(=S)n1Cc1ccccc1. The van der Waals surface area contributed by atoms with Gasteiger partial charge in [-0.2, -0.15) is 0 Å². The summed E-state index contributed by atoms with van der Waals surface area (Å²) < 4.78 is 9.43. The van der Waals surface area contributed by atoms with E-state index in [0.29, 0.717) is 22.7 Å². The number of hydrogen-bond acceptors (Lipinski definition) is 4. The number of aromatic nitrogens is 2. The molecule has 2 aromatic carbocycles. The number of amides is 1. The summed E-state index contributed by atoms with van der Waals surface area (Å²) in [4.78, 5) is 16.5. The summed E-state index contributed by atoms with van der Waals surface area (Å²) in [5.41, 5.74) is 2.23. The Bertz CT molecular complexity index is 989. The molecule has 3 aromatic rings. The number of rotatable bonds is 5. The van der Waals surface area contributed by atoms with E-state index in [9.17, 15) is 4.79 Å². The van der Waals surface area contributed by atoms with Gasteiger partial charge in [-0.15, -0.1) is 4.99 Å². The second-order valence-corrected chi connectivity index (χ2v) is 6.91. The molecule has 0 unspecified atom stereocenters. The first-order chi connectivity index (χ1) is 12.7. The van der Waals surface area contributed by atoms with Gasteiger partial charge >= 0.3 is 6.09 Å². The molecule has 0 bridgehead atoms. The highest BCUT2D eigenvalue weighted by molar-refractivity contribution is 7.71. The zero-order chi connectivity index (χ0) is 18.4. The number of ether oxygens (including phenoxy) is 1. The van der Waals surface area contributed by atoms with Gasteiger partial charge in [0, 0.05) is 0 Å². The summed E-state index contributed by atoms with van der Waals surface area (Å²) in [7, 11) is 0. The van der Waals surface area contributed by atoms with Crippen LogP contribution in [0.4, 0.5) is 4.79 Å². The maximum Gasteiger partial charge on any atom is 0.436 e. The van der Waals surface area contributed by atoms with E-state index < -0.39 is 6.09 Å². The minimum absolute atomic E-state index is 0.289. The van der Waals surface area contributed by atoms with Crippen molar-refractivity contribution >= 4 is 29.8 Å². The van der Waals surface area contributed by atoms with Crippen LogP contribution in [0.15, 0.2) is 65.7 Å². The fraction of sp³-hybridized carbons (Fsp3) is 0.211. The van der Waals surface area contributed by atoms with Gasteiger partial charge in [0.2, 0.25) is 4.80 Å². The Morgan fingerprint density at radius 2 is 1.62 bits per heavy atom. The van der Waals surface area contributed by atoms with Gasteiger partial charge in [-0.3, -0.25) is 8.52 Å². The molecular formula is C19H19N3O2S2. The fourth-order valence-electron chi connectivity index (χ4n) is 2.47. The van der Waals surface area contributed by atoms with E-state index in [0.717, 1.165) is 11.1 Å². The van der Waals surface area contributed by atoms with E-state index in [2.05, 4.69) is 4.99 Å². The van der Waals surface area contributed by atoms with Crippen LogP contribution in [0.3, 0.4) is 0 Å². The van der Waals surface area contributed by atoms with Gasteiger partial charge in [0.15, 0.2) is 4.77 Å². The summed E-state index contributed by atoms with van der Waals surface area (Å²) in [6.07, 6.45) is -0.600. The van der Waals surface area contributed by atoms with Gasteiger partial charge in [-0.1, -0.05) is 60.7 Å². The van der Waals surface area contributed by atoms with E-state index in [-0.39, 0.29) is 6.61 Å². The molecule has 26 heavy (non-hydrogen) atoms. The van der Waals surface area contributed by atoms with Crippen LogP contribution in [-0.2, 0) is 17.8 Å². The Labute approximate surface area is 161 Å². The minimum Gasteiger partial charge on any atom is -0.448 e. The molecule has 5 nitrogen and oxygen atoms in total. The van der Waals surface area contributed by atoms with Crippen LogP contribution >= 0.6 is 23.8 Å². The molecule has 3 rings (SSSR count). The van der Waals surface area contributed by atoms with E-state index in [1.165, 1.54) is 11.5 Å². The van der Waals surface area contributed by atoms with Crippen molar-refractivity contribution in [3.63, 3.8) is 0 Å². The minimum atomic E-state index is -0.600. The maximum absolute atomic E-state index is 11.9. The van der Waals surface area contributed by atoms with Gasteiger partial charge in [-0.25, -0.2) is 4.79 Å². The maximum atomic E-state index is 11.9. The van der Waals surface area contributed by atoms with Gasteiger partial charge in [0.1, 0.15) is 0 Å². The quantitative estimate of drug-likeness (QED) is 0.618. The van der Waals surface area contributed by atoms with E-state index >= 15 is 0 Å². The van der Waals surface area contributed by atoms with E-state index in [1.54, 1.807) is 6.92 Å². The average molecular weight is 386 g/mol. The highest BCUT2D eigenvalue weighted by atomic mass is 32.1. The van der Waals surface area contributed by atoms with Gasteiger partial charge in [0.05, 0.1) is 19.7 Å². The lowest BCUT2D eigenvalue weighted by molar-refractivity contribution is 0.162. The van der Waals surface area contributed by atoms with Crippen molar-refractivity contribution in [3.8, 4) is 0 Å². The van der Waals surface area contributed by atoms with Gasteiger partial charge in [0.25, 0.3) is 0 Å². The molecule has 0 fully saturated rings. The van der Waals surface area contributed by atoms with Crippen LogP contribution in [0.2, 0.25) is 0 Å². The van der Waals surface area contributed by atoms with Crippen molar-refractivity contribution in [2.24, 2.45) is 4.99 Å². The molecule has 0 aliphatic carbocycles. The molecular weight excluding hydrogens is 366 g/mol. The summed E-state index contributed by atoms with van der Waals surface area (Å²) in [6, 6.07) is 20.0. The molecule has 0 N–H and O–H groups in total. The topological polar surface area (TPSA) is 48.5 Å². The number of carbonyl (C=O) groups excluding carboxylic acids is 1. The summed E-state index contributed by atoms with van der Waals surface area (Å²) >= 11 is 7.02. The molecule has 134 valence electrons. The number of carbonyl (C=O) groups is 1. The van der Waals surface area contributed by atoms with Crippen LogP contribution in [-0.4, -0.2) is 21.2 Å². The van der Waals surface area contributed by atoms with Crippen LogP contribution in [0.25, 0.3) is 0 Å². The molecule has 0 atom stereocenters. The zero-order valence-corrected chi connectivity index (χ0v) is 16.0. The second-order valence-electron chi connectivity index (χ2n) is 5.56. The highest BCUT2D eigenvalue weighted by Crippen LogP contribution is 2.09. The molecule has 0 radical (unpaired) electrons. The fourth-order valence-corrected chi connectivity index (χ4v) is 3.81. The summed E-state index contributed by atoms with van der Waals surface area (Å²) in [5, 5.41) is 0. The van der Waals surface area contributed by atoms with Crippen LogP contribution < -0.4 is 4.80 Å². The first-order valence-corrected chi connectivity index (χ1v) is 9.46. The van der Waals surface area contributed by atoms with Gasteiger partial charge < -0.3 is 4.74 Å². The van der Waals surface area contributed by atoms with Crippen molar-refractivity contribution in [3.05, 3.63) is 81.4 Å². The molecule has 0 aliphatic rings. The van der Waals surface area contributed by atoms with E-state index in [4.69, 9.17) is 17.0 Å². The van der Waals surface area contributed by atoms with E-state index in [1.807, 2.05) is 69.2 Å². The smallest absolute Gasteiger partial charge is 0.436 e. The first-order valence-electron chi connectivity index (χ1n) is 8.27. The Morgan fingerprint density at radius 3 is 2.19 bits per heavy atom. The first kappa shape index (κ1) is 18.3. The number of nitrogens with zero attached hydrogens (tertiary/aromatic N) is 3.